The molecule has 88 valence electrons. The Morgan fingerprint density at radius 1 is 1.00 bits per heavy atom. The maximum Gasteiger partial charge on any atom is 0.0362 e. The molecular weight excluding hydrogens is 208 g/mol. The molecule has 0 aromatic heterocycles. The van der Waals surface area contributed by atoms with Gasteiger partial charge in [-0.05, 0) is 35.2 Å². The van der Waals surface area contributed by atoms with E-state index in [9.17, 15) is 0 Å². The molecule has 1 unspecified atom stereocenters. The van der Waals surface area contributed by atoms with Gasteiger partial charge in [-0.2, -0.15) is 0 Å². The van der Waals surface area contributed by atoms with Crippen LogP contribution < -0.4 is 11.5 Å². The van der Waals surface area contributed by atoms with Crippen LogP contribution in [0.2, 0.25) is 0 Å². The SMILES string of the molecule is CCC(N)c1cc(-c2ccccc2)ccc1N. The fourth-order valence-corrected chi connectivity index (χ4v) is 1.93. The molecule has 0 saturated carbocycles. The number of benzene rings is 2. The molecule has 2 aromatic rings. The van der Waals surface area contributed by atoms with Crippen molar-refractivity contribution in [3.63, 3.8) is 0 Å². The Bertz CT molecular complexity index is 492. The third-order valence-corrected chi connectivity index (χ3v) is 3.03. The Labute approximate surface area is 102 Å². The second kappa shape index (κ2) is 5.02. The molecule has 2 heteroatoms. The van der Waals surface area contributed by atoms with Gasteiger partial charge in [-0.1, -0.05) is 43.3 Å². The number of nitrogens with two attached hydrogens (primary N) is 2. The molecular formula is C15H18N2. The molecule has 17 heavy (non-hydrogen) atoms. The summed E-state index contributed by atoms with van der Waals surface area (Å²) < 4.78 is 0. The summed E-state index contributed by atoms with van der Waals surface area (Å²) in [5, 5.41) is 0. The molecule has 0 aliphatic rings. The van der Waals surface area contributed by atoms with Crippen molar-refractivity contribution in [2.24, 2.45) is 5.73 Å². The Hall–Kier alpha value is -1.80. The van der Waals surface area contributed by atoms with Crippen molar-refractivity contribution in [3.05, 3.63) is 54.1 Å². The highest BCUT2D eigenvalue weighted by Crippen LogP contribution is 2.27. The molecule has 0 amide bonds. The van der Waals surface area contributed by atoms with Gasteiger partial charge in [-0.3, -0.25) is 0 Å². The first kappa shape index (κ1) is 11.7. The minimum Gasteiger partial charge on any atom is -0.398 e. The van der Waals surface area contributed by atoms with Crippen LogP contribution in [0.3, 0.4) is 0 Å². The van der Waals surface area contributed by atoms with E-state index >= 15 is 0 Å². The summed E-state index contributed by atoms with van der Waals surface area (Å²) in [7, 11) is 0. The fraction of sp³-hybridized carbons (Fsp3) is 0.200. The number of anilines is 1. The van der Waals surface area contributed by atoms with Gasteiger partial charge in [-0.25, -0.2) is 0 Å². The first-order valence-electron chi connectivity index (χ1n) is 5.92. The maximum absolute atomic E-state index is 6.06. The minimum absolute atomic E-state index is 0.0127. The van der Waals surface area contributed by atoms with Crippen LogP contribution in [-0.2, 0) is 0 Å². The Morgan fingerprint density at radius 3 is 2.35 bits per heavy atom. The highest BCUT2D eigenvalue weighted by Gasteiger charge is 2.08. The van der Waals surface area contributed by atoms with Crippen molar-refractivity contribution in [2.45, 2.75) is 19.4 Å². The van der Waals surface area contributed by atoms with Crippen LogP contribution in [0.1, 0.15) is 24.9 Å². The highest BCUT2D eigenvalue weighted by atomic mass is 14.7. The summed E-state index contributed by atoms with van der Waals surface area (Å²) in [5.74, 6) is 0. The van der Waals surface area contributed by atoms with Gasteiger partial charge in [0.25, 0.3) is 0 Å². The third-order valence-electron chi connectivity index (χ3n) is 3.03. The molecule has 0 spiro atoms. The van der Waals surface area contributed by atoms with Gasteiger partial charge in [0.1, 0.15) is 0 Å². The summed E-state index contributed by atoms with van der Waals surface area (Å²) in [6, 6.07) is 16.3. The van der Waals surface area contributed by atoms with Gasteiger partial charge in [0.2, 0.25) is 0 Å². The molecule has 4 N–H and O–H groups in total. The normalized spacial score (nSPS) is 12.4. The standard InChI is InChI=1S/C15H18N2/c1-2-14(16)13-10-12(8-9-15(13)17)11-6-4-3-5-7-11/h3-10,14H,2,16-17H2,1H3. The van der Waals surface area contributed by atoms with Crippen LogP contribution >= 0.6 is 0 Å². The van der Waals surface area contributed by atoms with E-state index in [0.717, 1.165) is 17.7 Å². The lowest BCUT2D eigenvalue weighted by Gasteiger charge is -2.14. The molecule has 1 atom stereocenters. The number of rotatable bonds is 3. The van der Waals surface area contributed by atoms with Crippen molar-refractivity contribution in [3.8, 4) is 11.1 Å². The van der Waals surface area contributed by atoms with E-state index in [1.165, 1.54) is 11.1 Å². The van der Waals surface area contributed by atoms with Gasteiger partial charge >= 0.3 is 0 Å². The van der Waals surface area contributed by atoms with Gasteiger partial charge in [-0.15, -0.1) is 0 Å². The van der Waals surface area contributed by atoms with E-state index in [1.54, 1.807) is 0 Å². The molecule has 0 radical (unpaired) electrons. The van der Waals surface area contributed by atoms with Crippen molar-refractivity contribution in [1.82, 2.24) is 0 Å². The second-order valence-corrected chi connectivity index (χ2v) is 4.22. The molecule has 2 rings (SSSR count). The van der Waals surface area contributed by atoms with Gasteiger partial charge in [0.05, 0.1) is 0 Å². The minimum atomic E-state index is 0.0127. The largest absolute Gasteiger partial charge is 0.398 e. The predicted molar refractivity (Wildman–Crippen MR) is 73.5 cm³/mol. The van der Waals surface area contributed by atoms with E-state index < -0.39 is 0 Å². The van der Waals surface area contributed by atoms with Crippen LogP contribution in [0, 0.1) is 0 Å². The molecule has 0 heterocycles. The monoisotopic (exact) mass is 226 g/mol. The quantitative estimate of drug-likeness (QED) is 0.788. The summed E-state index contributed by atoms with van der Waals surface area (Å²) in [4.78, 5) is 0. The zero-order chi connectivity index (χ0) is 12.3. The van der Waals surface area contributed by atoms with E-state index in [2.05, 4.69) is 25.1 Å². The summed E-state index contributed by atoms with van der Waals surface area (Å²) in [5.41, 5.74) is 16.2. The second-order valence-electron chi connectivity index (χ2n) is 4.22. The molecule has 0 bridgehead atoms. The number of nitrogen functional groups attached to an aromatic ring is 1. The van der Waals surface area contributed by atoms with E-state index in [1.807, 2.05) is 30.3 Å². The highest BCUT2D eigenvalue weighted by molar-refractivity contribution is 5.68. The van der Waals surface area contributed by atoms with E-state index in [4.69, 9.17) is 11.5 Å². The lowest BCUT2D eigenvalue weighted by atomic mass is 9.97. The molecule has 0 saturated heterocycles. The first-order chi connectivity index (χ1) is 8.22. The Morgan fingerprint density at radius 2 is 1.71 bits per heavy atom. The fourth-order valence-electron chi connectivity index (χ4n) is 1.93. The van der Waals surface area contributed by atoms with Gasteiger partial charge in [0.15, 0.2) is 0 Å². The van der Waals surface area contributed by atoms with E-state index in [0.29, 0.717) is 0 Å². The smallest absolute Gasteiger partial charge is 0.0362 e. The van der Waals surface area contributed by atoms with Crippen LogP contribution in [-0.4, -0.2) is 0 Å². The van der Waals surface area contributed by atoms with Crippen molar-refractivity contribution >= 4 is 5.69 Å². The zero-order valence-electron chi connectivity index (χ0n) is 10.1. The summed E-state index contributed by atoms with van der Waals surface area (Å²) >= 11 is 0. The molecule has 2 nitrogen and oxygen atoms in total. The van der Waals surface area contributed by atoms with Crippen LogP contribution in [0.25, 0.3) is 11.1 Å². The molecule has 0 fully saturated rings. The zero-order valence-corrected chi connectivity index (χ0v) is 10.1. The van der Waals surface area contributed by atoms with Gasteiger partial charge in [0, 0.05) is 11.7 Å². The summed E-state index contributed by atoms with van der Waals surface area (Å²) in [6.07, 6.45) is 0.891. The first-order valence-corrected chi connectivity index (χ1v) is 5.92. The van der Waals surface area contributed by atoms with Crippen molar-refractivity contribution in [1.29, 1.82) is 0 Å². The van der Waals surface area contributed by atoms with Crippen molar-refractivity contribution < 1.29 is 0 Å². The van der Waals surface area contributed by atoms with Crippen LogP contribution in [0.4, 0.5) is 5.69 Å². The molecule has 0 aliphatic heterocycles. The predicted octanol–water partition coefficient (Wildman–Crippen LogP) is 3.35. The van der Waals surface area contributed by atoms with Crippen LogP contribution in [0.15, 0.2) is 48.5 Å². The average molecular weight is 226 g/mol. The lowest BCUT2D eigenvalue weighted by molar-refractivity contribution is 0.701. The Kier molecular flexibility index (Phi) is 3.45. The maximum atomic E-state index is 6.06. The lowest BCUT2D eigenvalue weighted by Crippen LogP contribution is -2.11. The van der Waals surface area contributed by atoms with E-state index in [-0.39, 0.29) is 6.04 Å². The number of hydrogen-bond donors (Lipinski definition) is 2. The Balaban J connectivity index is 2.44. The van der Waals surface area contributed by atoms with Crippen molar-refractivity contribution in [2.75, 3.05) is 5.73 Å². The number of hydrogen-bond acceptors (Lipinski definition) is 2. The summed E-state index contributed by atoms with van der Waals surface area (Å²) in [6.45, 7) is 2.07. The van der Waals surface area contributed by atoms with Crippen LogP contribution in [0.5, 0.6) is 0 Å². The molecule has 2 aromatic carbocycles. The van der Waals surface area contributed by atoms with Gasteiger partial charge < -0.3 is 11.5 Å². The topological polar surface area (TPSA) is 52.0 Å². The third kappa shape index (κ3) is 2.48. The molecule has 0 aliphatic carbocycles. The average Bonchev–Trinajstić information content (AvgIpc) is 2.39.